The maximum absolute atomic E-state index is 12.3. The van der Waals surface area contributed by atoms with E-state index in [1.54, 1.807) is 24.5 Å². The third-order valence-electron chi connectivity index (χ3n) is 3.84. The first-order valence-electron chi connectivity index (χ1n) is 8.15. The molecule has 6 nitrogen and oxygen atoms in total. The standard InChI is InChI=1S/C18H25N3O3/c1-12(2)17(14-6-8-19-9-7-14)21-18(23)20-13(3)11-15(22)16-5-4-10-24-16/h4-10,12-13,15,17,22H,11H2,1-3H3,(H2,20,21,23). The SMILES string of the molecule is CC(CC(O)c1ccco1)NC(=O)NC(c1ccncc1)C(C)C. The van der Waals surface area contributed by atoms with E-state index in [9.17, 15) is 9.90 Å². The number of carbonyl (C=O) groups excluding carboxylic acids is 1. The number of aliphatic hydroxyl groups is 1. The van der Waals surface area contributed by atoms with E-state index in [2.05, 4.69) is 29.5 Å². The molecule has 3 N–H and O–H groups in total. The highest BCUT2D eigenvalue weighted by Crippen LogP contribution is 2.21. The number of rotatable bonds is 7. The molecule has 3 unspecified atom stereocenters. The maximum atomic E-state index is 12.3. The molecule has 0 spiro atoms. The molecule has 2 amide bonds. The fraction of sp³-hybridized carbons (Fsp3) is 0.444. The monoisotopic (exact) mass is 331 g/mol. The lowest BCUT2D eigenvalue weighted by Gasteiger charge is -2.24. The van der Waals surface area contributed by atoms with Crippen LogP contribution in [0.25, 0.3) is 0 Å². The van der Waals surface area contributed by atoms with Crippen LogP contribution >= 0.6 is 0 Å². The van der Waals surface area contributed by atoms with Gasteiger partial charge in [0.25, 0.3) is 0 Å². The summed E-state index contributed by atoms with van der Waals surface area (Å²) < 4.78 is 5.17. The summed E-state index contributed by atoms with van der Waals surface area (Å²) in [5, 5.41) is 15.9. The van der Waals surface area contributed by atoms with Gasteiger partial charge in [0, 0.05) is 24.9 Å². The number of furan rings is 1. The molecule has 2 heterocycles. The lowest BCUT2D eigenvalue weighted by Crippen LogP contribution is -2.44. The third-order valence-corrected chi connectivity index (χ3v) is 3.84. The Morgan fingerprint density at radius 2 is 1.92 bits per heavy atom. The number of pyridine rings is 1. The number of nitrogens with one attached hydrogen (secondary N) is 2. The molecule has 3 atom stereocenters. The van der Waals surface area contributed by atoms with Crippen molar-refractivity contribution in [3.63, 3.8) is 0 Å². The zero-order valence-corrected chi connectivity index (χ0v) is 14.3. The Bertz CT molecular complexity index is 614. The van der Waals surface area contributed by atoms with E-state index in [0.717, 1.165) is 5.56 Å². The van der Waals surface area contributed by atoms with Crippen LogP contribution < -0.4 is 10.6 Å². The second kappa shape index (κ2) is 8.49. The van der Waals surface area contributed by atoms with Gasteiger partial charge in [-0.3, -0.25) is 4.98 Å². The lowest BCUT2D eigenvalue weighted by molar-refractivity contribution is 0.129. The van der Waals surface area contributed by atoms with Gasteiger partial charge in [0.2, 0.25) is 0 Å². The van der Waals surface area contributed by atoms with Crippen LogP contribution in [0.3, 0.4) is 0 Å². The van der Waals surface area contributed by atoms with Crippen LogP contribution in [0.5, 0.6) is 0 Å². The van der Waals surface area contributed by atoms with Crippen LogP contribution in [-0.4, -0.2) is 22.2 Å². The first kappa shape index (κ1) is 18.0. The van der Waals surface area contributed by atoms with Gasteiger partial charge < -0.3 is 20.2 Å². The molecule has 2 aromatic heterocycles. The molecule has 0 aliphatic rings. The van der Waals surface area contributed by atoms with Crippen molar-refractivity contribution < 1.29 is 14.3 Å². The van der Waals surface area contributed by atoms with E-state index < -0.39 is 6.10 Å². The van der Waals surface area contributed by atoms with Crippen LogP contribution in [0.2, 0.25) is 0 Å². The van der Waals surface area contributed by atoms with E-state index in [1.807, 2.05) is 19.1 Å². The number of aromatic nitrogens is 1. The number of nitrogens with zero attached hydrogens (tertiary/aromatic N) is 1. The molecule has 2 aromatic rings. The van der Waals surface area contributed by atoms with Crippen molar-refractivity contribution in [2.24, 2.45) is 5.92 Å². The molecule has 0 saturated carbocycles. The highest BCUT2D eigenvalue weighted by atomic mass is 16.4. The number of aliphatic hydroxyl groups excluding tert-OH is 1. The van der Waals surface area contributed by atoms with E-state index in [-0.39, 0.29) is 24.0 Å². The zero-order valence-electron chi connectivity index (χ0n) is 14.3. The number of amides is 2. The van der Waals surface area contributed by atoms with Crippen molar-refractivity contribution in [2.75, 3.05) is 0 Å². The van der Waals surface area contributed by atoms with Gasteiger partial charge in [-0.2, -0.15) is 0 Å². The first-order chi connectivity index (χ1) is 11.5. The normalized spacial score (nSPS) is 14.9. The Morgan fingerprint density at radius 1 is 1.21 bits per heavy atom. The molecule has 0 bridgehead atoms. The number of hydrogen-bond acceptors (Lipinski definition) is 4. The van der Waals surface area contributed by atoms with Crippen molar-refractivity contribution in [3.05, 3.63) is 54.2 Å². The van der Waals surface area contributed by atoms with Gasteiger partial charge in [0.05, 0.1) is 12.3 Å². The third kappa shape index (κ3) is 5.09. The van der Waals surface area contributed by atoms with Gasteiger partial charge in [-0.1, -0.05) is 13.8 Å². The summed E-state index contributed by atoms with van der Waals surface area (Å²) in [5.74, 6) is 0.739. The molecule has 6 heteroatoms. The van der Waals surface area contributed by atoms with Gasteiger partial charge in [-0.25, -0.2) is 4.79 Å². The van der Waals surface area contributed by atoms with Crippen LogP contribution in [0, 0.1) is 5.92 Å². The average molecular weight is 331 g/mol. The van der Waals surface area contributed by atoms with Crippen LogP contribution in [-0.2, 0) is 0 Å². The van der Waals surface area contributed by atoms with Crippen molar-refractivity contribution in [3.8, 4) is 0 Å². The summed E-state index contributed by atoms with van der Waals surface area (Å²) in [6, 6.07) is 6.68. The molecular weight excluding hydrogens is 306 g/mol. The molecule has 0 saturated heterocycles. The maximum Gasteiger partial charge on any atom is 0.315 e. The summed E-state index contributed by atoms with van der Waals surface area (Å²) >= 11 is 0. The Kier molecular flexibility index (Phi) is 6.37. The number of urea groups is 1. The van der Waals surface area contributed by atoms with Gasteiger partial charge in [-0.15, -0.1) is 0 Å². The van der Waals surface area contributed by atoms with Gasteiger partial charge in [0.1, 0.15) is 11.9 Å². The molecule has 0 radical (unpaired) electrons. The molecule has 0 aliphatic carbocycles. The van der Waals surface area contributed by atoms with Crippen molar-refractivity contribution in [1.29, 1.82) is 0 Å². The fourth-order valence-corrected chi connectivity index (χ4v) is 2.60. The van der Waals surface area contributed by atoms with Gasteiger partial charge >= 0.3 is 6.03 Å². The summed E-state index contributed by atoms with van der Waals surface area (Å²) in [6.45, 7) is 5.95. The van der Waals surface area contributed by atoms with Gasteiger partial charge in [0.15, 0.2) is 0 Å². The zero-order chi connectivity index (χ0) is 17.5. The predicted molar refractivity (Wildman–Crippen MR) is 91.2 cm³/mol. The second-order valence-electron chi connectivity index (χ2n) is 6.29. The summed E-state index contributed by atoms with van der Waals surface area (Å²) in [4.78, 5) is 16.3. The number of carbonyl (C=O) groups is 1. The quantitative estimate of drug-likeness (QED) is 0.727. The highest BCUT2D eigenvalue weighted by molar-refractivity contribution is 5.74. The minimum atomic E-state index is -0.739. The molecule has 24 heavy (non-hydrogen) atoms. The predicted octanol–water partition coefficient (Wildman–Crippen LogP) is 3.18. The van der Waals surface area contributed by atoms with Crippen LogP contribution in [0.1, 0.15) is 50.7 Å². The largest absolute Gasteiger partial charge is 0.467 e. The van der Waals surface area contributed by atoms with Crippen molar-refractivity contribution in [2.45, 2.75) is 45.4 Å². The Morgan fingerprint density at radius 3 is 2.50 bits per heavy atom. The van der Waals surface area contributed by atoms with Gasteiger partial charge in [-0.05, 0) is 42.7 Å². The Hall–Kier alpha value is -2.34. The van der Waals surface area contributed by atoms with Crippen molar-refractivity contribution >= 4 is 6.03 Å². The molecule has 130 valence electrons. The number of hydrogen-bond donors (Lipinski definition) is 3. The van der Waals surface area contributed by atoms with Crippen LogP contribution in [0.15, 0.2) is 47.3 Å². The van der Waals surface area contributed by atoms with Crippen LogP contribution in [0.4, 0.5) is 4.79 Å². The molecular formula is C18H25N3O3. The van der Waals surface area contributed by atoms with E-state index in [0.29, 0.717) is 12.2 Å². The van der Waals surface area contributed by atoms with E-state index >= 15 is 0 Å². The lowest BCUT2D eigenvalue weighted by atomic mass is 9.97. The second-order valence-corrected chi connectivity index (χ2v) is 6.29. The molecule has 0 fully saturated rings. The molecule has 2 rings (SSSR count). The summed E-state index contributed by atoms with van der Waals surface area (Å²) in [7, 11) is 0. The van der Waals surface area contributed by atoms with E-state index in [4.69, 9.17) is 4.42 Å². The van der Waals surface area contributed by atoms with E-state index in [1.165, 1.54) is 6.26 Å². The first-order valence-corrected chi connectivity index (χ1v) is 8.15. The minimum Gasteiger partial charge on any atom is -0.467 e. The topological polar surface area (TPSA) is 87.4 Å². The fourth-order valence-electron chi connectivity index (χ4n) is 2.60. The van der Waals surface area contributed by atoms with Crippen molar-refractivity contribution in [1.82, 2.24) is 15.6 Å². The highest BCUT2D eigenvalue weighted by Gasteiger charge is 2.20. The molecule has 0 aromatic carbocycles. The smallest absolute Gasteiger partial charge is 0.315 e. The Balaban J connectivity index is 1.88. The summed E-state index contributed by atoms with van der Waals surface area (Å²) in [5.41, 5.74) is 1.01. The summed E-state index contributed by atoms with van der Waals surface area (Å²) in [6.07, 6.45) is 4.59. The Labute approximate surface area is 142 Å². The minimum absolute atomic E-state index is 0.102. The molecule has 0 aliphatic heterocycles. The average Bonchev–Trinajstić information content (AvgIpc) is 3.07.